The summed E-state index contributed by atoms with van der Waals surface area (Å²) in [6, 6.07) is 5.29. The summed E-state index contributed by atoms with van der Waals surface area (Å²) in [4.78, 5) is 4.48. The SMILES string of the molecule is COc1cc(-c2noc(C3CCC(N)CC3)n2)ccc1O. The summed E-state index contributed by atoms with van der Waals surface area (Å²) in [7, 11) is 1.51. The Morgan fingerprint density at radius 1 is 1.29 bits per heavy atom. The molecule has 0 radical (unpaired) electrons. The highest BCUT2D eigenvalue weighted by molar-refractivity contribution is 5.60. The van der Waals surface area contributed by atoms with Gasteiger partial charge in [-0.3, -0.25) is 0 Å². The van der Waals surface area contributed by atoms with Crippen molar-refractivity contribution in [3.63, 3.8) is 0 Å². The second-order valence-electron chi connectivity index (χ2n) is 5.45. The number of hydrogen-bond acceptors (Lipinski definition) is 6. The molecule has 21 heavy (non-hydrogen) atoms. The molecule has 1 heterocycles. The highest BCUT2D eigenvalue weighted by Gasteiger charge is 2.25. The minimum atomic E-state index is 0.0891. The van der Waals surface area contributed by atoms with Gasteiger partial charge in [0.05, 0.1) is 7.11 Å². The molecule has 0 amide bonds. The van der Waals surface area contributed by atoms with Gasteiger partial charge in [-0.15, -0.1) is 0 Å². The number of rotatable bonds is 3. The van der Waals surface area contributed by atoms with Crippen LogP contribution < -0.4 is 10.5 Å². The van der Waals surface area contributed by atoms with E-state index in [1.807, 2.05) is 0 Å². The summed E-state index contributed by atoms with van der Waals surface area (Å²) in [6.07, 6.45) is 3.97. The van der Waals surface area contributed by atoms with Crippen LogP contribution in [-0.2, 0) is 0 Å². The van der Waals surface area contributed by atoms with Gasteiger partial charge in [0, 0.05) is 17.5 Å². The molecule has 112 valence electrons. The molecule has 1 aromatic heterocycles. The van der Waals surface area contributed by atoms with Crippen molar-refractivity contribution in [3.8, 4) is 22.9 Å². The number of phenolic OH excluding ortho intramolecular Hbond substituents is 1. The van der Waals surface area contributed by atoms with E-state index in [1.54, 1.807) is 18.2 Å². The largest absolute Gasteiger partial charge is 0.504 e. The maximum absolute atomic E-state index is 9.61. The average Bonchev–Trinajstić information content (AvgIpc) is 2.98. The third-order valence-corrected chi connectivity index (χ3v) is 4.00. The molecule has 0 saturated heterocycles. The number of ether oxygens (including phenoxy) is 1. The summed E-state index contributed by atoms with van der Waals surface area (Å²) < 4.78 is 10.5. The molecule has 1 aromatic carbocycles. The molecule has 1 saturated carbocycles. The number of phenols is 1. The fraction of sp³-hybridized carbons (Fsp3) is 0.467. The van der Waals surface area contributed by atoms with Crippen LogP contribution in [0.25, 0.3) is 11.4 Å². The smallest absolute Gasteiger partial charge is 0.230 e. The first kappa shape index (κ1) is 13.9. The van der Waals surface area contributed by atoms with Gasteiger partial charge in [0.2, 0.25) is 11.7 Å². The van der Waals surface area contributed by atoms with Crippen molar-refractivity contribution in [1.29, 1.82) is 0 Å². The molecule has 0 bridgehead atoms. The first-order valence-electron chi connectivity index (χ1n) is 7.14. The minimum absolute atomic E-state index is 0.0891. The minimum Gasteiger partial charge on any atom is -0.504 e. The van der Waals surface area contributed by atoms with E-state index in [0.717, 1.165) is 31.2 Å². The van der Waals surface area contributed by atoms with E-state index in [9.17, 15) is 5.11 Å². The molecular weight excluding hydrogens is 270 g/mol. The van der Waals surface area contributed by atoms with Crippen molar-refractivity contribution in [1.82, 2.24) is 10.1 Å². The Kier molecular flexibility index (Phi) is 3.79. The first-order chi connectivity index (χ1) is 10.2. The van der Waals surface area contributed by atoms with Crippen LogP contribution in [0.4, 0.5) is 0 Å². The molecular formula is C15H19N3O3. The quantitative estimate of drug-likeness (QED) is 0.901. The molecule has 2 aromatic rings. The summed E-state index contributed by atoms with van der Waals surface area (Å²) >= 11 is 0. The van der Waals surface area contributed by atoms with Crippen molar-refractivity contribution in [3.05, 3.63) is 24.1 Å². The summed E-state index contributed by atoms with van der Waals surface area (Å²) in [5.41, 5.74) is 6.67. The zero-order chi connectivity index (χ0) is 14.8. The number of nitrogens with zero attached hydrogens (tertiary/aromatic N) is 2. The van der Waals surface area contributed by atoms with Crippen LogP contribution in [0.3, 0.4) is 0 Å². The molecule has 3 N–H and O–H groups in total. The number of hydrogen-bond donors (Lipinski definition) is 2. The third-order valence-electron chi connectivity index (χ3n) is 4.00. The molecule has 6 heteroatoms. The van der Waals surface area contributed by atoms with Crippen molar-refractivity contribution in [2.24, 2.45) is 5.73 Å². The Morgan fingerprint density at radius 2 is 2.05 bits per heavy atom. The lowest BCUT2D eigenvalue weighted by Crippen LogP contribution is -2.25. The van der Waals surface area contributed by atoms with Gasteiger partial charge in [-0.05, 0) is 43.9 Å². The predicted molar refractivity (Wildman–Crippen MR) is 77.1 cm³/mol. The Balaban J connectivity index is 1.81. The number of benzene rings is 1. The molecule has 0 aliphatic heterocycles. The van der Waals surface area contributed by atoms with Gasteiger partial charge in [0.25, 0.3) is 0 Å². The Morgan fingerprint density at radius 3 is 2.76 bits per heavy atom. The maximum Gasteiger partial charge on any atom is 0.230 e. The standard InChI is InChI=1S/C15H19N3O3/c1-20-13-8-10(4-7-12(13)19)14-17-15(21-18-14)9-2-5-11(16)6-3-9/h4,7-9,11,19H,2-3,5-6,16H2,1H3. The van der Waals surface area contributed by atoms with Gasteiger partial charge in [-0.2, -0.15) is 4.98 Å². The third kappa shape index (κ3) is 2.85. The second kappa shape index (κ2) is 5.73. The Labute approximate surface area is 122 Å². The maximum atomic E-state index is 9.61. The lowest BCUT2D eigenvalue weighted by molar-refractivity contribution is 0.301. The topological polar surface area (TPSA) is 94.4 Å². The fourth-order valence-electron chi connectivity index (χ4n) is 2.70. The van der Waals surface area contributed by atoms with Crippen molar-refractivity contribution in [2.45, 2.75) is 37.6 Å². The Hall–Kier alpha value is -2.08. The number of nitrogens with two attached hydrogens (primary N) is 1. The van der Waals surface area contributed by atoms with E-state index in [2.05, 4.69) is 10.1 Å². The van der Waals surface area contributed by atoms with Crippen LogP contribution in [0.2, 0.25) is 0 Å². The molecule has 1 fully saturated rings. The van der Waals surface area contributed by atoms with Gasteiger partial charge in [0.1, 0.15) is 0 Å². The van der Waals surface area contributed by atoms with E-state index in [4.69, 9.17) is 15.0 Å². The lowest BCUT2D eigenvalue weighted by Gasteiger charge is -2.22. The van der Waals surface area contributed by atoms with Crippen molar-refractivity contribution < 1.29 is 14.4 Å². The number of methoxy groups -OCH3 is 1. The van der Waals surface area contributed by atoms with E-state index in [1.165, 1.54) is 7.11 Å². The molecule has 0 spiro atoms. The average molecular weight is 289 g/mol. The van der Waals surface area contributed by atoms with Crippen molar-refractivity contribution in [2.75, 3.05) is 7.11 Å². The zero-order valence-electron chi connectivity index (χ0n) is 12.0. The monoisotopic (exact) mass is 289 g/mol. The van der Waals surface area contributed by atoms with Gasteiger partial charge in [-0.25, -0.2) is 0 Å². The molecule has 0 unspecified atom stereocenters. The van der Waals surface area contributed by atoms with Crippen LogP contribution in [0.1, 0.15) is 37.5 Å². The zero-order valence-corrected chi connectivity index (χ0v) is 12.0. The highest BCUT2D eigenvalue weighted by Crippen LogP contribution is 2.34. The van der Waals surface area contributed by atoms with E-state index >= 15 is 0 Å². The van der Waals surface area contributed by atoms with Crippen molar-refractivity contribution >= 4 is 0 Å². The summed E-state index contributed by atoms with van der Waals surface area (Å²) in [6.45, 7) is 0. The van der Waals surface area contributed by atoms with E-state index < -0.39 is 0 Å². The molecule has 0 atom stereocenters. The highest BCUT2D eigenvalue weighted by atomic mass is 16.5. The lowest BCUT2D eigenvalue weighted by atomic mass is 9.86. The van der Waals surface area contributed by atoms with Crippen LogP contribution in [-0.4, -0.2) is 28.4 Å². The number of aromatic hydroxyl groups is 1. The molecule has 6 nitrogen and oxygen atoms in total. The molecule has 1 aliphatic carbocycles. The first-order valence-corrected chi connectivity index (χ1v) is 7.14. The van der Waals surface area contributed by atoms with Crippen LogP contribution in [0.15, 0.2) is 22.7 Å². The van der Waals surface area contributed by atoms with Crippen LogP contribution in [0, 0.1) is 0 Å². The van der Waals surface area contributed by atoms with Crippen LogP contribution in [0.5, 0.6) is 11.5 Å². The van der Waals surface area contributed by atoms with Gasteiger partial charge < -0.3 is 20.1 Å². The summed E-state index contributed by atoms with van der Waals surface area (Å²) in [5.74, 6) is 1.96. The predicted octanol–water partition coefficient (Wildman–Crippen LogP) is 2.44. The Bertz CT molecular complexity index is 618. The van der Waals surface area contributed by atoms with Crippen LogP contribution >= 0.6 is 0 Å². The van der Waals surface area contributed by atoms with Gasteiger partial charge in [0.15, 0.2) is 11.5 Å². The summed E-state index contributed by atoms with van der Waals surface area (Å²) in [5, 5.41) is 13.6. The fourth-order valence-corrected chi connectivity index (χ4v) is 2.70. The van der Waals surface area contributed by atoms with Gasteiger partial charge >= 0.3 is 0 Å². The number of aromatic nitrogens is 2. The van der Waals surface area contributed by atoms with Gasteiger partial charge in [-0.1, -0.05) is 5.16 Å². The van der Waals surface area contributed by atoms with E-state index in [0.29, 0.717) is 29.4 Å². The second-order valence-corrected chi connectivity index (χ2v) is 5.45. The molecule has 3 rings (SSSR count). The normalized spacial score (nSPS) is 22.2. The van der Waals surface area contributed by atoms with E-state index in [-0.39, 0.29) is 5.75 Å². The molecule has 1 aliphatic rings.